The zero-order chi connectivity index (χ0) is 13.0. The van der Waals surface area contributed by atoms with Gasteiger partial charge in [0.15, 0.2) is 0 Å². The maximum atomic E-state index is 6.34. The van der Waals surface area contributed by atoms with Gasteiger partial charge in [-0.05, 0) is 42.7 Å². The maximum absolute atomic E-state index is 6.34. The molecule has 0 saturated heterocycles. The molecule has 2 unspecified atom stereocenters. The summed E-state index contributed by atoms with van der Waals surface area (Å²) in [6.07, 6.45) is 6.78. The van der Waals surface area contributed by atoms with Crippen molar-refractivity contribution in [2.45, 2.75) is 57.9 Å². The Morgan fingerprint density at radius 1 is 1.33 bits per heavy atom. The van der Waals surface area contributed by atoms with Crippen molar-refractivity contribution in [3.8, 4) is 0 Å². The van der Waals surface area contributed by atoms with Crippen LogP contribution in [0.3, 0.4) is 0 Å². The largest absolute Gasteiger partial charge is 0.314 e. The van der Waals surface area contributed by atoms with Crippen LogP contribution in [-0.2, 0) is 0 Å². The lowest BCUT2D eigenvalue weighted by Gasteiger charge is -2.26. The quantitative estimate of drug-likeness (QED) is 0.762. The molecular weight excluding hydrogens is 262 g/mol. The molecular formula is C15H24ClNS. The van der Waals surface area contributed by atoms with Crippen molar-refractivity contribution in [3.63, 3.8) is 0 Å². The highest BCUT2D eigenvalue weighted by atomic mass is 35.5. The molecule has 0 radical (unpaired) electrons. The van der Waals surface area contributed by atoms with Gasteiger partial charge in [-0.1, -0.05) is 44.7 Å². The predicted molar refractivity (Wildman–Crippen MR) is 81.8 cm³/mol. The standard InChI is InChI=1S/C15H24ClNS/c1-11(2)17-10-12-6-4-3-5-7-13(12)15-14(16)8-9-18-15/h8-9,11-13,17H,3-7,10H2,1-2H3. The van der Waals surface area contributed by atoms with Gasteiger partial charge < -0.3 is 5.32 Å². The first-order chi connectivity index (χ1) is 8.68. The molecule has 0 amide bonds. The van der Waals surface area contributed by atoms with Crippen molar-refractivity contribution in [3.05, 3.63) is 21.3 Å². The third kappa shape index (κ3) is 3.72. The summed E-state index contributed by atoms with van der Waals surface area (Å²) in [7, 11) is 0. The van der Waals surface area contributed by atoms with Gasteiger partial charge in [0.2, 0.25) is 0 Å². The summed E-state index contributed by atoms with van der Waals surface area (Å²) >= 11 is 8.19. The highest BCUT2D eigenvalue weighted by Gasteiger charge is 2.27. The van der Waals surface area contributed by atoms with Crippen LogP contribution >= 0.6 is 22.9 Å². The molecule has 1 aromatic rings. The fraction of sp³-hybridized carbons (Fsp3) is 0.733. The van der Waals surface area contributed by atoms with E-state index in [2.05, 4.69) is 30.6 Å². The van der Waals surface area contributed by atoms with Gasteiger partial charge >= 0.3 is 0 Å². The van der Waals surface area contributed by atoms with Gasteiger partial charge in [0, 0.05) is 10.9 Å². The fourth-order valence-electron chi connectivity index (χ4n) is 2.93. The predicted octanol–water partition coefficient (Wildman–Crippen LogP) is 5.06. The van der Waals surface area contributed by atoms with Gasteiger partial charge in [0.1, 0.15) is 0 Å². The topological polar surface area (TPSA) is 12.0 Å². The van der Waals surface area contributed by atoms with E-state index < -0.39 is 0 Å². The van der Waals surface area contributed by atoms with Gasteiger partial charge in [0.25, 0.3) is 0 Å². The minimum absolute atomic E-state index is 0.577. The van der Waals surface area contributed by atoms with Crippen LogP contribution in [0.1, 0.15) is 56.7 Å². The molecule has 2 atom stereocenters. The third-order valence-electron chi connectivity index (χ3n) is 3.93. The van der Waals surface area contributed by atoms with Crippen LogP contribution in [0, 0.1) is 5.92 Å². The molecule has 1 aliphatic carbocycles. The average molecular weight is 286 g/mol. The van der Waals surface area contributed by atoms with Crippen LogP contribution in [0.4, 0.5) is 0 Å². The fourth-order valence-corrected chi connectivity index (χ4v) is 4.36. The number of rotatable bonds is 4. The summed E-state index contributed by atoms with van der Waals surface area (Å²) in [5, 5.41) is 6.74. The number of thiophene rings is 1. The monoisotopic (exact) mass is 285 g/mol. The lowest BCUT2D eigenvalue weighted by atomic mass is 9.86. The molecule has 1 aromatic heterocycles. The summed E-state index contributed by atoms with van der Waals surface area (Å²) in [4.78, 5) is 1.43. The van der Waals surface area contributed by atoms with E-state index in [1.165, 1.54) is 37.0 Å². The molecule has 1 saturated carbocycles. The molecule has 0 aliphatic heterocycles. The molecule has 102 valence electrons. The summed E-state index contributed by atoms with van der Waals surface area (Å²) < 4.78 is 0. The van der Waals surface area contributed by atoms with Crippen LogP contribution in [0.5, 0.6) is 0 Å². The Morgan fingerprint density at radius 3 is 2.78 bits per heavy atom. The van der Waals surface area contributed by atoms with Crippen molar-refractivity contribution in [2.75, 3.05) is 6.54 Å². The van der Waals surface area contributed by atoms with E-state index >= 15 is 0 Å². The molecule has 1 fully saturated rings. The molecule has 1 nitrogen and oxygen atoms in total. The van der Waals surface area contributed by atoms with Crippen LogP contribution in [-0.4, -0.2) is 12.6 Å². The molecule has 1 N–H and O–H groups in total. The Balaban J connectivity index is 2.09. The molecule has 2 rings (SSSR count). The van der Waals surface area contributed by atoms with Gasteiger partial charge in [-0.2, -0.15) is 0 Å². The second kappa shape index (κ2) is 6.93. The Hall–Kier alpha value is -0.0500. The molecule has 18 heavy (non-hydrogen) atoms. The van der Waals surface area contributed by atoms with E-state index in [1.807, 2.05) is 11.3 Å². The number of hydrogen-bond donors (Lipinski definition) is 1. The van der Waals surface area contributed by atoms with Crippen molar-refractivity contribution in [1.82, 2.24) is 5.32 Å². The first-order valence-corrected chi connectivity index (χ1v) is 8.40. The van der Waals surface area contributed by atoms with E-state index in [9.17, 15) is 0 Å². The van der Waals surface area contributed by atoms with E-state index in [-0.39, 0.29) is 0 Å². The molecule has 3 heteroatoms. The summed E-state index contributed by atoms with van der Waals surface area (Å²) in [5.74, 6) is 1.43. The zero-order valence-electron chi connectivity index (χ0n) is 11.4. The second-order valence-corrected chi connectivity index (χ2v) is 7.06. The number of hydrogen-bond acceptors (Lipinski definition) is 2. The van der Waals surface area contributed by atoms with Gasteiger partial charge in [-0.15, -0.1) is 11.3 Å². The van der Waals surface area contributed by atoms with Crippen LogP contribution < -0.4 is 5.32 Å². The second-order valence-electron chi connectivity index (χ2n) is 5.70. The minimum atomic E-state index is 0.577. The smallest absolute Gasteiger partial charge is 0.0547 e. The van der Waals surface area contributed by atoms with E-state index in [1.54, 1.807) is 0 Å². The Labute approximate surface area is 120 Å². The first kappa shape index (κ1) is 14.4. The van der Waals surface area contributed by atoms with Crippen molar-refractivity contribution in [1.29, 1.82) is 0 Å². The van der Waals surface area contributed by atoms with Gasteiger partial charge in [0.05, 0.1) is 5.02 Å². The van der Waals surface area contributed by atoms with E-state index in [0.717, 1.165) is 17.5 Å². The molecule has 0 aromatic carbocycles. The highest BCUT2D eigenvalue weighted by Crippen LogP contribution is 2.41. The Kier molecular flexibility index (Phi) is 5.53. The van der Waals surface area contributed by atoms with Crippen molar-refractivity contribution < 1.29 is 0 Å². The van der Waals surface area contributed by atoms with E-state index in [0.29, 0.717) is 12.0 Å². The van der Waals surface area contributed by atoms with Crippen molar-refractivity contribution in [2.24, 2.45) is 5.92 Å². The SMILES string of the molecule is CC(C)NCC1CCCCCC1c1sccc1Cl. The molecule has 1 aliphatic rings. The van der Waals surface area contributed by atoms with Gasteiger partial charge in [-0.3, -0.25) is 0 Å². The number of halogens is 1. The average Bonchev–Trinajstić information content (AvgIpc) is 2.63. The lowest BCUT2D eigenvalue weighted by Crippen LogP contribution is -2.31. The first-order valence-electron chi connectivity index (χ1n) is 7.14. The van der Waals surface area contributed by atoms with Gasteiger partial charge in [-0.25, -0.2) is 0 Å². The molecule has 0 spiro atoms. The minimum Gasteiger partial charge on any atom is -0.314 e. The lowest BCUT2D eigenvalue weighted by molar-refractivity contribution is 0.366. The van der Waals surface area contributed by atoms with E-state index in [4.69, 9.17) is 11.6 Å². The summed E-state index contributed by atoms with van der Waals surface area (Å²) in [6.45, 7) is 5.59. The Bertz CT molecular complexity index is 361. The summed E-state index contributed by atoms with van der Waals surface area (Å²) in [6, 6.07) is 2.63. The van der Waals surface area contributed by atoms with Crippen molar-refractivity contribution >= 4 is 22.9 Å². The molecule has 1 heterocycles. The van der Waals surface area contributed by atoms with Crippen LogP contribution in [0.15, 0.2) is 11.4 Å². The van der Waals surface area contributed by atoms with Crippen LogP contribution in [0.2, 0.25) is 5.02 Å². The number of nitrogens with one attached hydrogen (secondary N) is 1. The third-order valence-corrected chi connectivity index (χ3v) is 5.42. The normalized spacial score (nSPS) is 25.3. The molecule has 0 bridgehead atoms. The zero-order valence-corrected chi connectivity index (χ0v) is 13.0. The summed E-state index contributed by atoms with van der Waals surface area (Å²) in [5.41, 5.74) is 0. The van der Waals surface area contributed by atoms with Crippen LogP contribution in [0.25, 0.3) is 0 Å². The Morgan fingerprint density at radius 2 is 2.11 bits per heavy atom. The highest BCUT2D eigenvalue weighted by molar-refractivity contribution is 7.10. The maximum Gasteiger partial charge on any atom is 0.0547 e.